The number of amides is 2. The lowest BCUT2D eigenvalue weighted by Gasteiger charge is -2.28. The van der Waals surface area contributed by atoms with Gasteiger partial charge in [0.1, 0.15) is 6.61 Å². The van der Waals surface area contributed by atoms with Crippen LogP contribution < -0.4 is 9.47 Å². The molecule has 32 heavy (non-hydrogen) atoms. The van der Waals surface area contributed by atoms with E-state index in [2.05, 4.69) is 6.58 Å². The van der Waals surface area contributed by atoms with Gasteiger partial charge in [0.15, 0.2) is 11.5 Å². The number of aliphatic hydroxyl groups is 1. The third-order valence-corrected chi connectivity index (χ3v) is 5.64. The molecule has 2 aromatic carbocycles. The second-order valence-electron chi connectivity index (χ2n) is 7.66. The van der Waals surface area contributed by atoms with Gasteiger partial charge in [0.2, 0.25) is 5.91 Å². The van der Waals surface area contributed by atoms with E-state index in [9.17, 15) is 14.7 Å². The van der Waals surface area contributed by atoms with Crippen LogP contribution in [0.2, 0.25) is 0 Å². The topological polar surface area (TPSA) is 85.3 Å². The number of imide groups is 1. The number of methoxy groups -OCH3 is 2. The highest BCUT2D eigenvalue weighted by Crippen LogP contribution is 2.35. The van der Waals surface area contributed by atoms with Crippen molar-refractivity contribution in [2.45, 2.75) is 31.4 Å². The van der Waals surface area contributed by atoms with Gasteiger partial charge in [0.25, 0.3) is 0 Å². The lowest BCUT2D eigenvalue weighted by atomic mass is 9.89. The Bertz CT molecular complexity index is 945. The maximum Gasteiger partial charge on any atom is 0.416 e. The number of benzene rings is 2. The Balaban J connectivity index is 1.87. The molecule has 0 unspecified atom stereocenters. The van der Waals surface area contributed by atoms with Crippen molar-refractivity contribution in [1.82, 2.24) is 4.90 Å². The molecule has 1 saturated heterocycles. The number of cyclic esters (lactones) is 1. The number of hydrogen-bond donors (Lipinski definition) is 1. The zero-order chi connectivity index (χ0) is 23.1. The van der Waals surface area contributed by atoms with E-state index >= 15 is 0 Å². The van der Waals surface area contributed by atoms with E-state index in [1.165, 1.54) is 14.2 Å². The van der Waals surface area contributed by atoms with Crippen LogP contribution in [0.25, 0.3) is 0 Å². The van der Waals surface area contributed by atoms with Crippen LogP contribution >= 0.6 is 0 Å². The first-order valence-corrected chi connectivity index (χ1v) is 10.5. The fourth-order valence-electron chi connectivity index (χ4n) is 3.93. The van der Waals surface area contributed by atoms with Gasteiger partial charge in [-0.2, -0.15) is 0 Å². The molecule has 7 nitrogen and oxygen atoms in total. The molecule has 2 aromatic rings. The summed E-state index contributed by atoms with van der Waals surface area (Å²) in [5.41, 5.74) is 1.49. The summed E-state index contributed by atoms with van der Waals surface area (Å²) in [7, 11) is 3.03. The normalized spacial score (nSPS) is 17.4. The van der Waals surface area contributed by atoms with Crippen LogP contribution in [-0.4, -0.2) is 48.9 Å². The van der Waals surface area contributed by atoms with E-state index in [1.807, 2.05) is 30.3 Å². The van der Waals surface area contributed by atoms with E-state index in [4.69, 9.17) is 14.2 Å². The Labute approximate surface area is 188 Å². The molecular weight excluding hydrogens is 410 g/mol. The molecule has 1 heterocycles. The van der Waals surface area contributed by atoms with Gasteiger partial charge < -0.3 is 19.3 Å². The molecule has 0 spiro atoms. The molecular formula is C25H29NO6. The molecule has 3 rings (SSSR count). The highest BCUT2D eigenvalue weighted by molar-refractivity contribution is 5.95. The number of carbonyl (C=O) groups is 2. The van der Waals surface area contributed by atoms with Crippen LogP contribution in [0.3, 0.4) is 0 Å². The Morgan fingerprint density at radius 3 is 2.59 bits per heavy atom. The minimum Gasteiger partial charge on any atom is -0.493 e. The first-order valence-electron chi connectivity index (χ1n) is 10.5. The molecule has 1 aliphatic heterocycles. The van der Waals surface area contributed by atoms with Crippen LogP contribution in [0.15, 0.2) is 61.2 Å². The summed E-state index contributed by atoms with van der Waals surface area (Å²) in [5.74, 6) is -0.349. The van der Waals surface area contributed by atoms with Crippen molar-refractivity contribution in [3.05, 3.63) is 72.3 Å². The van der Waals surface area contributed by atoms with E-state index in [1.54, 1.807) is 24.3 Å². The van der Waals surface area contributed by atoms with Crippen LogP contribution in [0.5, 0.6) is 11.5 Å². The van der Waals surface area contributed by atoms with E-state index in [-0.39, 0.29) is 6.61 Å². The molecule has 1 N–H and O–H groups in total. The van der Waals surface area contributed by atoms with Crippen molar-refractivity contribution in [2.75, 3.05) is 20.8 Å². The molecule has 0 aromatic heterocycles. The minimum absolute atomic E-state index is 0.125. The van der Waals surface area contributed by atoms with Gasteiger partial charge >= 0.3 is 6.09 Å². The summed E-state index contributed by atoms with van der Waals surface area (Å²) < 4.78 is 15.8. The molecule has 7 heteroatoms. The van der Waals surface area contributed by atoms with Gasteiger partial charge in [-0.15, -0.1) is 6.58 Å². The Hall–Kier alpha value is -3.32. The molecule has 2 amide bonds. The van der Waals surface area contributed by atoms with Gasteiger partial charge in [0, 0.05) is 0 Å². The largest absolute Gasteiger partial charge is 0.493 e. The number of nitrogens with zero attached hydrogens (tertiary/aromatic N) is 1. The van der Waals surface area contributed by atoms with Gasteiger partial charge in [0.05, 0.1) is 32.3 Å². The molecule has 3 atom stereocenters. The van der Waals surface area contributed by atoms with Crippen LogP contribution in [0.1, 0.15) is 30.1 Å². The number of hydrogen-bond acceptors (Lipinski definition) is 6. The summed E-state index contributed by atoms with van der Waals surface area (Å²) >= 11 is 0. The predicted molar refractivity (Wildman–Crippen MR) is 120 cm³/mol. The number of rotatable bonds is 10. The molecule has 0 radical (unpaired) electrons. The van der Waals surface area contributed by atoms with Gasteiger partial charge in [-0.05, 0) is 42.5 Å². The van der Waals surface area contributed by atoms with E-state index in [0.29, 0.717) is 36.3 Å². The molecule has 1 fully saturated rings. The van der Waals surface area contributed by atoms with Crippen LogP contribution in [0.4, 0.5) is 4.79 Å². The highest BCUT2D eigenvalue weighted by Gasteiger charge is 2.42. The quantitative estimate of drug-likeness (QED) is 0.565. The fraction of sp³-hybridized carbons (Fsp3) is 0.360. The van der Waals surface area contributed by atoms with E-state index in [0.717, 1.165) is 10.5 Å². The minimum atomic E-state index is -1.15. The fourth-order valence-corrected chi connectivity index (χ4v) is 3.93. The Morgan fingerprint density at radius 2 is 1.94 bits per heavy atom. The lowest BCUT2D eigenvalue weighted by molar-refractivity contribution is -0.137. The highest BCUT2D eigenvalue weighted by atomic mass is 16.6. The average molecular weight is 440 g/mol. The summed E-state index contributed by atoms with van der Waals surface area (Å²) in [6.45, 7) is 3.85. The second kappa shape index (κ2) is 10.8. The first-order chi connectivity index (χ1) is 15.5. The smallest absolute Gasteiger partial charge is 0.416 e. The SMILES string of the molecule is C=CCC[C@H](C(=O)N1C(=O)OC[C@@H]1Cc1ccccc1)[C@H](O)c1ccc(OC)c(OC)c1. The number of allylic oxidation sites excluding steroid dienone is 1. The molecule has 0 saturated carbocycles. The number of ether oxygens (including phenoxy) is 3. The van der Waals surface area contributed by atoms with Gasteiger partial charge in [-0.25, -0.2) is 9.69 Å². The van der Waals surface area contributed by atoms with Crippen LogP contribution in [0, 0.1) is 5.92 Å². The lowest BCUT2D eigenvalue weighted by Crippen LogP contribution is -2.45. The van der Waals surface area contributed by atoms with Crippen molar-refractivity contribution < 1.29 is 28.9 Å². The van der Waals surface area contributed by atoms with E-state index < -0.39 is 30.1 Å². The maximum atomic E-state index is 13.5. The number of carbonyl (C=O) groups excluding carboxylic acids is 2. The van der Waals surface area contributed by atoms with Crippen molar-refractivity contribution in [3.63, 3.8) is 0 Å². The third kappa shape index (κ3) is 5.11. The molecule has 1 aliphatic rings. The third-order valence-electron chi connectivity index (χ3n) is 5.64. The maximum absolute atomic E-state index is 13.5. The first kappa shape index (κ1) is 23.3. The summed E-state index contributed by atoms with van der Waals surface area (Å²) in [5, 5.41) is 11.2. The summed E-state index contributed by atoms with van der Waals surface area (Å²) in [4.78, 5) is 27.2. The zero-order valence-corrected chi connectivity index (χ0v) is 18.4. The van der Waals surface area contributed by atoms with Crippen molar-refractivity contribution >= 4 is 12.0 Å². The predicted octanol–water partition coefficient (Wildman–Crippen LogP) is 3.91. The van der Waals surface area contributed by atoms with Crippen molar-refractivity contribution in [3.8, 4) is 11.5 Å². The van der Waals surface area contributed by atoms with Crippen molar-refractivity contribution in [1.29, 1.82) is 0 Å². The zero-order valence-electron chi connectivity index (χ0n) is 18.4. The van der Waals surface area contributed by atoms with Crippen LogP contribution in [-0.2, 0) is 16.0 Å². The standard InChI is InChI=1S/C25H29NO6/c1-4-5-11-20(23(27)18-12-13-21(30-2)22(15-18)31-3)24(28)26-19(16-32-25(26)29)14-17-9-7-6-8-10-17/h4,6-10,12-13,15,19-20,23,27H,1,5,11,14,16H2,2-3H3/t19-,20-,23+/m0/s1. The molecule has 0 aliphatic carbocycles. The molecule has 0 bridgehead atoms. The Morgan fingerprint density at radius 1 is 1.22 bits per heavy atom. The monoisotopic (exact) mass is 439 g/mol. The van der Waals surface area contributed by atoms with Gasteiger partial charge in [-0.1, -0.05) is 42.5 Å². The van der Waals surface area contributed by atoms with Gasteiger partial charge in [-0.3, -0.25) is 4.79 Å². The molecule has 170 valence electrons. The second-order valence-corrected chi connectivity index (χ2v) is 7.66. The summed E-state index contributed by atoms with van der Waals surface area (Å²) in [6.07, 6.45) is 1.18. The number of aliphatic hydroxyl groups excluding tert-OH is 1. The van der Waals surface area contributed by atoms with Crippen molar-refractivity contribution in [2.24, 2.45) is 5.92 Å². The Kier molecular flexibility index (Phi) is 7.89. The summed E-state index contributed by atoms with van der Waals surface area (Å²) in [6, 6.07) is 14.2. The average Bonchev–Trinajstić information content (AvgIpc) is 3.18.